The van der Waals surface area contributed by atoms with Crippen molar-refractivity contribution in [2.75, 3.05) is 53.0 Å². The second-order valence-electron chi connectivity index (χ2n) is 7.21. The van der Waals surface area contributed by atoms with E-state index < -0.39 is 5.60 Å². The molecule has 1 atom stereocenters. The predicted octanol–water partition coefficient (Wildman–Crippen LogP) is 0.803. The largest absolute Gasteiger partial charge is 0.387 e. The molecule has 1 unspecified atom stereocenters. The fourth-order valence-electron chi connectivity index (χ4n) is 2.99. The Bertz CT molecular complexity index is 646. The van der Waals surface area contributed by atoms with E-state index >= 15 is 0 Å². The average Bonchev–Trinajstić information content (AvgIpc) is 2.70. The van der Waals surface area contributed by atoms with Gasteiger partial charge in [0.1, 0.15) is 0 Å². The molecular weight excluding hydrogens is 485 g/mol. The summed E-state index contributed by atoms with van der Waals surface area (Å²) in [5.74, 6) is 0.549. The second-order valence-corrected chi connectivity index (χ2v) is 7.21. The van der Waals surface area contributed by atoms with Gasteiger partial charge in [-0.25, -0.2) is 4.99 Å². The van der Waals surface area contributed by atoms with E-state index in [-0.39, 0.29) is 29.9 Å². The van der Waals surface area contributed by atoms with E-state index in [9.17, 15) is 9.90 Å². The van der Waals surface area contributed by atoms with Crippen molar-refractivity contribution in [1.29, 1.82) is 0 Å². The number of guanidine groups is 1. The van der Waals surface area contributed by atoms with Crippen LogP contribution in [0.1, 0.15) is 29.8 Å². The highest BCUT2D eigenvalue weighted by atomic mass is 127. The van der Waals surface area contributed by atoms with Crippen LogP contribution < -0.4 is 16.0 Å². The summed E-state index contributed by atoms with van der Waals surface area (Å²) >= 11 is 0. The van der Waals surface area contributed by atoms with Gasteiger partial charge in [0.2, 0.25) is 0 Å². The SMILES string of the molecule is CCNC(=NCc1ccc(C(=O)NC)cc1)NCC(C)(O)CN1CCOCC1.I. The van der Waals surface area contributed by atoms with Gasteiger partial charge in [-0.15, -0.1) is 24.0 Å². The Kier molecular flexibility index (Phi) is 11.5. The number of carbonyl (C=O) groups is 1. The van der Waals surface area contributed by atoms with Gasteiger partial charge in [0.05, 0.1) is 25.4 Å². The van der Waals surface area contributed by atoms with E-state index in [1.54, 1.807) is 19.2 Å². The van der Waals surface area contributed by atoms with Gasteiger partial charge in [-0.3, -0.25) is 9.69 Å². The van der Waals surface area contributed by atoms with Crippen LogP contribution in [0.25, 0.3) is 0 Å². The zero-order chi connectivity index (χ0) is 20.4. The summed E-state index contributed by atoms with van der Waals surface area (Å²) in [5, 5.41) is 19.7. The Hall–Kier alpha value is -1.43. The minimum Gasteiger partial charge on any atom is -0.387 e. The number of nitrogens with zero attached hydrogens (tertiary/aromatic N) is 2. The minimum absolute atomic E-state index is 0. The lowest BCUT2D eigenvalue weighted by Crippen LogP contribution is -2.52. The van der Waals surface area contributed by atoms with Crippen LogP contribution in [-0.4, -0.2) is 80.5 Å². The number of rotatable bonds is 8. The quantitative estimate of drug-likeness (QED) is 0.231. The standard InChI is InChI=1S/C20H33N5O3.HI/c1-4-22-19(23-13-16-5-7-17(8-6-16)18(26)21-3)24-14-20(2,27)15-25-9-11-28-12-10-25;/h5-8,27H,4,9-15H2,1-3H3,(H,21,26)(H2,22,23,24);1H. The first kappa shape index (κ1) is 25.6. The molecular formula is C20H34IN5O3. The van der Waals surface area contributed by atoms with Crippen LogP contribution in [0, 0.1) is 0 Å². The monoisotopic (exact) mass is 519 g/mol. The van der Waals surface area contributed by atoms with Crippen molar-refractivity contribution < 1.29 is 14.6 Å². The number of hydrogen-bond donors (Lipinski definition) is 4. The summed E-state index contributed by atoms with van der Waals surface area (Å²) in [6.45, 7) is 9.14. The number of ether oxygens (including phenoxy) is 1. The summed E-state index contributed by atoms with van der Waals surface area (Å²) in [7, 11) is 1.61. The first-order valence-corrected chi connectivity index (χ1v) is 9.79. The van der Waals surface area contributed by atoms with E-state index in [0.717, 1.165) is 25.2 Å². The number of aliphatic hydroxyl groups is 1. The van der Waals surface area contributed by atoms with Crippen molar-refractivity contribution in [3.8, 4) is 0 Å². The van der Waals surface area contributed by atoms with Gasteiger partial charge in [-0.2, -0.15) is 0 Å². The lowest BCUT2D eigenvalue weighted by atomic mass is 10.1. The van der Waals surface area contributed by atoms with E-state index in [2.05, 4.69) is 25.8 Å². The molecule has 29 heavy (non-hydrogen) atoms. The zero-order valence-corrected chi connectivity index (χ0v) is 19.9. The molecule has 1 aliphatic heterocycles. The van der Waals surface area contributed by atoms with Crippen LogP contribution in [0.3, 0.4) is 0 Å². The average molecular weight is 519 g/mol. The maximum atomic E-state index is 11.6. The Morgan fingerprint density at radius 2 is 1.90 bits per heavy atom. The first-order chi connectivity index (χ1) is 13.4. The predicted molar refractivity (Wildman–Crippen MR) is 126 cm³/mol. The van der Waals surface area contributed by atoms with Crippen LogP contribution in [0.4, 0.5) is 0 Å². The fraction of sp³-hybridized carbons (Fsp3) is 0.600. The van der Waals surface area contributed by atoms with Gasteiger partial charge >= 0.3 is 0 Å². The molecule has 1 aliphatic rings. The maximum absolute atomic E-state index is 11.6. The lowest BCUT2D eigenvalue weighted by molar-refractivity contribution is -0.0201. The van der Waals surface area contributed by atoms with Crippen LogP contribution in [0.15, 0.2) is 29.3 Å². The summed E-state index contributed by atoms with van der Waals surface area (Å²) in [6.07, 6.45) is 0. The number of morpholine rings is 1. The van der Waals surface area contributed by atoms with Gasteiger partial charge in [0.15, 0.2) is 5.96 Å². The van der Waals surface area contributed by atoms with Crippen LogP contribution >= 0.6 is 24.0 Å². The van der Waals surface area contributed by atoms with Crippen LogP contribution in [-0.2, 0) is 11.3 Å². The van der Waals surface area contributed by atoms with Gasteiger partial charge in [0, 0.05) is 45.3 Å². The number of benzene rings is 1. The Morgan fingerprint density at radius 3 is 2.48 bits per heavy atom. The maximum Gasteiger partial charge on any atom is 0.251 e. The minimum atomic E-state index is -0.872. The molecule has 1 saturated heterocycles. The third kappa shape index (κ3) is 9.28. The Morgan fingerprint density at radius 1 is 1.24 bits per heavy atom. The molecule has 0 spiro atoms. The molecule has 1 aromatic carbocycles. The van der Waals surface area contributed by atoms with Crippen molar-refractivity contribution in [2.45, 2.75) is 26.0 Å². The smallest absolute Gasteiger partial charge is 0.251 e. The molecule has 0 radical (unpaired) electrons. The van der Waals surface area contributed by atoms with Gasteiger partial charge < -0.3 is 25.8 Å². The molecule has 164 valence electrons. The molecule has 0 bridgehead atoms. The normalized spacial score (nSPS) is 17.0. The van der Waals surface area contributed by atoms with E-state index in [0.29, 0.717) is 44.4 Å². The Balaban J connectivity index is 0.00000420. The van der Waals surface area contributed by atoms with E-state index in [1.807, 2.05) is 26.0 Å². The number of hydrogen-bond acceptors (Lipinski definition) is 5. The molecule has 0 aromatic heterocycles. The molecule has 0 saturated carbocycles. The highest BCUT2D eigenvalue weighted by Gasteiger charge is 2.25. The third-order valence-electron chi connectivity index (χ3n) is 4.51. The van der Waals surface area contributed by atoms with Crippen molar-refractivity contribution in [1.82, 2.24) is 20.9 Å². The highest BCUT2D eigenvalue weighted by Crippen LogP contribution is 2.08. The molecule has 0 aliphatic carbocycles. The molecule has 1 heterocycles. The number of aliphatic imine (C=N–C) groups is 1. The molecule has 4 N–H and O–H groups in total. The fourth-order valence-corrected chi connectivity index (χ4v) is 2.99. The summed E-state index contributed by atoms with van der Waals surface area (Å²) in [4.78, 5) is 18.4. The summed E-state index contributed by atoms with van der Waals surface area (Å²) < 4.78 is 5.35. The van der Waals surface area contributed by atoms with Gasteiger partial charge in [-0.1, -0.05) is 12.1 Å². The Labute approximate surface area is 190 Å². The third-order valence-corrected chi connectivity index (χ3v) is 4.51. The van der Waals surface area contributed by atoms with Gasteiger partial charge in [0.25, 0.3) is 5.91 Å². The van der Waals surface area contributed by atoms with Gasteiger partial charge in [-0.05, 0) is 31.5 Å². The number of halogens is 1. The molecule has 1 fully saturated rings. The lowest BCUT2D eigenvalue weighted by Gasteiger charge is -2.34. The first-order valence-electron chi connectivity index (χ1n) is 9.79. The summed E-state index contributed by atoms with van der Waals surface area (Å²) in [6, 6.07) is 7.37. The molecule has 9 heteroatoms. The second kappa shape index (κ2) is 13.0. The van der Waals surface area contributed by atoms with E-state index in [1.165, 1.54) is 0 Å². The van der Waals surface area contributed by atoms with Crippen LogP contribution in [0.5, 0.6) is 0 Å². The molecule has 2 rings (SSSR count). The molecule has 8 nitrogen and oxygen atoms in total. The number of β-amino-alcohol motifs (C(OH)–C–C–N with tert-alkyl or cyclic N) is 1. The van der Waals surface area contributed by atoms with Crippen molar-refractivity contribution in [3.63, 3.8) is 0 Å². The topological polar surface area (TPSA) is 98.2 Å². The van der Waals surface area contributed by atoms with Crippen molar-refractivity contribution >= 4 is 35.8 Å². The van der Waals surface area contributed by atoms with Crippen molar-refractivity contribution in [2.24, 2.45) is 4.99 Å². The van der Waals surface area contributed by atoms with Crippen LogP contribution in [0.2, 0.25) is 0 Å². The molecule has 1 amide bonds. The van der Waals surface area contributed by atoms with E-state index in [4.69, 9.17) is 4.74 Å². The highest BCUT2D eigenvalue weighted by molar-refractivity contribution is 14.0. The molecule has 1 aromatic rings. The number of nitrogens with one attached hydrogen (secondary N) is 3. The number of carbonyl (C=O) groups excluding carboxylic acids is 1. The zero-order valence-electron chi connectivity index (χ0n) is 17.5. The number of amides is 1. The summed E-state index contributed by atoms with van der Waals surface area (Å²) in [5.41, 5.74) is 0.757. The van der Waals surface area contributed by atoms with Crippen molar-refractivity contribution in [3.05, 3.63) is 35.4 Å².